The van der Waals surface area contributed by atoms with Crippen molar-refractivity contribution in [1.29, 1.82) is 0 Å². The van der Waals surface area contributed by atoms with E-state index in [1.165, 1.54) is 18.4 Å². The summed E-state index contributed by atoms with van der Waals surface area (Å²) in [6.07, 6.45) is 1.69. The number of rotatable bonds is 10. The van der Waals surface area contributed by atoms with E-state index in [0.717, 1.165) is 0 Å². The van der Waals surface area contributed by atoms with Crippen molar-refractivity contribution >= 4 is 34.6 Å². The molecule has 1 N–H and O–H groups in total. The van der Waals surface area contributed by atoms with Crippen LogP contribution in [0.5, 0.6) is 17.2 Å². The second-order valence-electron chi connectivity index (χ2n) is 6.52. The number of benzene rings is 2. The summed E-state index contributed by atoms with van der Waals surface area (Å²) in [7, 11) is 3.04. The summed E-state index contributed by atoms with van der Waals surface area (Å²) in [5.41, 5.74) is 4.54. The highest BCUT2D eigenvalue weighted by Crippen LogP contribution is 2.28. The molecule has 2 aromatic carbocycles. The average molecular weight is 470 g/mol. The molecule has 0 unspecified atom stereocenters. The van der Waals surface area contributed by atoms with Crippen molar-refractivity contribution in [3.8, 4) is 17.2 Å². The van der Waals surface area contributed by atoms with Gasteiger partial charge in [0.25, 0.3) is 0 Å². The Morgan fingerprint density at radius 2 is 1.88 bits per heavy atom. The third-order valence-corrected chi connectivity index (χ3v) is 5.07. The molecule has 0 aliphatic heterocycles. The van der Waals surface area contributed by atoms with Crippen LogP contribution in [-0.2, 0) is 16.0 Å². The van der Waals surface area contributed by atoms with Crippen molar-refractivity contribution in [2.75, 3.05) is 26.3 Å². The summed E-state index contributed by atoms with van der Waals surface area (Å²) in [5.74, 6) is 0.479. The number of hydrogen-bond donors (Lipinski definition) is 1. The second kappa shape index (κ2) is 11.6. The van der Waals surface area contributed by atoms with Gasteiger partial charge in [-0.2, -0.15) is 5.10 Å². The molecule has 10 heteroatoms. The van der Waals surface area contributed by atoms with E-state index >= 15 is 0 Å². The van der Waals surface area contributed by atoms with Crippen molar-refractivity contribution in [1.82, 2.24) is 4.98 Å². The van der Waals surface area contributed by atoms with Crippen LogP contribution in [0.2, 0.25) is 0 Å². The maximum Gasteiger partial charge on any atom is 0.343 e. The summed E-state index contributed by atoms with van der Waals surface area (Å²) >= 11 is 1.33. The first-order valence-corrected chi connectivity index (χ1v) is 10.8. The third-order valence-electron chi connectivity index (χ3n) is 4.27. The molecule has 0 radical (unpaired) electrons. The monoisotopic (exact) mass is 469 g/mol. The Bertz CT molecular complexity index is 1130. The standard InChI is InChI=1S/C23H23N3O6S/c1-4-31-21(27)12-17-14-33-23(25-17)26-24-13-15-5-10-19(20(11-15)30-3)32-22(28)16-6-8-18(29-2)9-7-16/h5-11,13-14H,4,12H2,1-3H3,(H,25,26). The lowest BCUT2D eigenvalue weighted by molar-refractivity contribution is -0.142. The van der Waals surface area contributed by atoms with E-state index in [1.54, 1.807) is 68.1 Å². The van der Waals surface area contributed by atoms with Crippen LogP contribution in [0, 0.1) is 0 Å². The highest BCUT2D eigenvalue weighted by molar-refractivity contribution is 7.13. The smallest absolute Gasteiger partial charge is 0.343 e. The minimum Gasteiger partial charge on any atom is -0.497 e. The minimum atomic E-state index is -0.513. The molecule has 0 spiro atoms. The molecule has 0 aliphatic carbocycles. The van der Waals surface area contributed by atoms with Gasteiger partial charge in [0.05, 0.1) is 44.7 Å². The molecule has 33 heavy (non-hydrogen) atoms. The Labute approximate surface area is 195 Å². The number of hydrazone groups is 1. The number of nitrogens with zero attached hydrogens (tertiary/aromatic N) is 2. The van der Waals surface area contributed by atoms with Crippen LogP contribution in [0.15, 0.2) is 52.9 Å². The lowest BCUT2D eigenvalue weighted by Gasteiger charge is -2.10. The third kappa shape index (κ3) is 6.78. The Morgan fingerprint density at radius 1 is 1.09 bits per heavy atom. The molecule has 3 rings (SSSR count). The van der Waals surface area contributed by atoms with Crippen LogP contribution in [0.1, 0.15) is 28.5 Å². The van der Waals surface area contributed by atoms with Gasteiger partial charge in [-0.15, -0.1) is 11.3 Å². The first-order valence-electron chi connectivity index (χ1n) is 9.95. The number of esters is 2. The molecule has 0 amide bonds. The molecular weight excluding hydrogens is 446 g/mol. The quantitative estimate of drug-likeness (QED) is 0.206. The van der Waals surface area contributed by atoms with Gasteiger partial charge < -0.3 is 18.9 Å². The Hall–Kier alpha value is -3.92. The Kier molecular flexibility index (Phi) is 8.36. The fourth-order valence-electron chi connectivity index (χ4n) is 2.70. The van der Waals surface area contributed by atoms with Crippen molar-refractivity contribution in [3.63, 3.8) is 0 Å². The zero-order chi connectivity index (χ0) is 23.6. The molecule has 0 saturated carbocycles. The normalized spacial score (nSPS) is 10.6. The Balaban J connectivity index is 1.61. The number of carbonyl (C=O) groups is 2. The largest absolute Gasteiger partial charge is 0.497 e. The molecule has 0 aliphatic rings. The van der Waals surface area contributed by atoms with Gasteiger partial charge >= 0.3 is 11.9 Å². The van der Waals surface area contributed by atoms with Gasteiger partial charge in [0.1, 0.15) is 5.75 Å². The fraction of sp³-hybridized carbons (Fsp3) is 0.217. The van der Waals surface area contributed by atoms with Crippen LogP contribution in [0.25, 0.3) is 0 Å². The van der Waals surface area contributed by atoms with E-state index in [9.17, 15) is 9.59 Å². The molecule has 1 aromatic heterocycles. The maximum atomic E-state index is 12.4. The van der Waals surface area contributed by atoms with Crippen LogP contribution in [0.4, 0.5) is 5.13 Å². The van der Waals surface area contributed by atoms with Gasteiger partial charge in [0.2, 0.25) is 5.13 Å². The van der Waals surface area contributed by atoms with Gasteiger partial charge in [0, 0.05) is 5.38 Å². The number of thiazole rings is 1. The topological polar surface area (TPSA) is 108 Å². The van der Waals surface area contributed by atoms with Crippen LogP contribution < -0.4 is 19.6 Å². The number of methoxy groups -OCH3 is 2. The van der Waals surface area contributed by atoms with E-state index in [2.05, 4.69) is 15.5 Å². The highest BCUT2D eigenvalue weighted by Gasteiger charge is 2.13. The Morgan fingerprint density at radius 3 is 2.58 bits per heavy atom. The molecule has 172 valence electrons. The minimum absolute atomic E-state index is 0.115. The first kappa shape index (κ1) is 23.7. The molecule has 0 bridgehead atoms. The molecule has 0 saturated heterocycles. The number of aromatic nitrogens is 1. The number of carbonyl (C=O) groups excluding carboxylic acids is 2. The van der Waals surface area contributed by atoms with E-state index in [1.807, 2.05) is 0 Å². The van der Waals surface area contributed by atoms with Crippen LogP contribution >= 0.6 is 11.3 Å². The second-order valence-corrected chi connectivity index (χ2v) is 7.38. The predicted molar refractivity (Wildman–Crippen MR) is 125 cm³/mol. The SMILES string of the molecule is CCOC(=O)Cc1csc(NN=Cc2ccc(OC(=O)c3ccc(OC)cc3)c(OC)c2)n1. The molecule has 1 heterocycles. The van der Waals surface area contributed by atoms with Gasteiger partial charge in [-0.3, -0.25) is 10.2 Å². The predicted octanol–water partition coefficient (Wildman–Crippen LogP) is 3.93. The molecule has 3 aromatic rings. The van der Waals surface area contributed by atoms with Crippen molar-refractivity contribution in [3.05, 3.63) is 64.7 Å². The summed E-state index contributed by atoms with van der Waals surface area (Å²) in [4.78, 5) is 28.2. The van der Waals surface area contributed by atoms with E-state index in [-0.39, 0.29) is 18.1 Å². The van der Waals surface area contributed by atoms with Crippen molar-refractivity contribution in [2.45, 2.75) is 13.3 Å². The molecule has 0 atom stereocenters. The van der Waals surface area contributed by atoms with Crippen molar-refractivity contribution < 1.29 is 28.5 Å². The zero-order valence-electron chi connectivity index (χ0n) is 18.4. The average Bonchev–Trinajstić information content (AvgIpc) is 3.27. The van der Waals surface area contributed by atoms with Gasteiger partial charge in [-0.25, -0.2) is 9.78 Å². The zero-order valence-corrected chi connectivity index (χ0v) is 19.2. The molecule has 0 fully saturated rings. The molecular formula is C23H23N3O6S. The molecule has 9 nitrogen and oxygen atoms in total. The highest BCUT2D eigenvalue weighted by atomic mass is 32.1. The fourth-order valence-corrected chi connectivity index (χ4v) is 3.36. The summed E-state index contributed by atoms with van der Waals surface area (Å²) in [6, 6.07) is 11.7. The van der Waals surface area contributed by atoms with E-state index < -0.39 is 5.97 Å². The number of hydrogen-bond acceptors (Lipinski definition) is 10. The lowest BCUT2D eigenvalue weighted by Crippen LogP contribution is -2.09. The number of ether oxygens (including phenoxy) is 4. The van der Waals surface area contributed by atoms with Gasteiger partial charge in [-0.05, 0) is 55.0 Å². The number of nitrogens with one attached hydrogen (secondary N) is 1. The first-order chi connectivity index (χ1) is 16.0. The summed E-state index contributed by atoms with van der Waals surface area (Å²) in [5, 5.41) is 6.46. The van der Waals surface area contributed by atoms with Crippen LogP contribution in [-0.4, -0.2) is 44.0 Å². The lowest BCUT2D eigenvalue weighted by atomic mass is 10.2. The van der Waals surface area contributed by atoms with Gasteiger partial charge in [-0.1, -0.05) is 0 Å². The number of anilines is 1. The van der Waals surface area contributed by atoms with Crippen LogP contribution in [0.3, 0.4) is 0 Å². The summed E-state index contributed by atoms with van der Waals surface area (Å²) < 4.78 is 20.8. The van der Waals surface area contributed by atoms with Crippen molar-refractivity contribution in [2.24, 2.45) is 5.10 Å². The maximum absolute atomic E-state index is 12.4. The van der Waals surface area contributed by atoms with E-state index in [0.29, 0.717) is 40.1 Å². The van der Waals surface area contributed by atoms with Gasteiger partial charge in [0.15, 0.2) is 11.5 Å². The summed E-state index contributed by atoms with van der Waals surface area (Å²) in [6.45, 7) is 2.09. The van der Waals surface area contributed by atoms with E-state index in [4.69, 9.17) is 18.9 Å².